The zero-order chi connectivity index (χ0) is 12.3. The maximum atomic E-state index is 11.8. The molecule has 0 spiro atoms. The monoisotopic (exact) mass is 248 g/mol. The third-order valence-corrected chi connectivity index (χ3v) is 2.39. The van der Waals surface area contributed by atoms with Crippen molar-refractivity contribution in [3.05, 3.63) is 63.5 Å². The van der Waals surface area contributed by atoms with Gasteiger partial charge in [-0.15, -0.1) is 0 Å². The molecule has 1 aromatic heterocycles. The molecule has 1 amide bonds. The molecule has 1 aromatic carbocycles. The molecule has 0 bridgehead atoms. The number of benzene rings is 1. The smallest absolute Gasteiger partial charge is 0.271 e. The van der Waals surface area contributed by atoms with Gasteiger partial charge < -0.3 is 10.3 Å². The van der Waals surface area contributed by atoms with Crippen LogP contribution in [-0.2, 0) is 0 Å². The van der Waals surface area contributed by atoms with E-state index in [1.165, 1.54) is 18.3 Å². The number of nitrogens with one attached hydrogen (secondary N) is 2. The molecule has 17 heavy (non-hydrogen) atoms. The molecule has 0 fully saturated rings. The van der Waals surface area contributed by atoms with E-state index in [2.05, 4.69) is 10.3 Å². The predicted molar refractivity (Wildman–Crippen MR) is 66.5 cm³/mol. The van der Waals surface area contributed by atoms with Gasteiger partial charge >= 0.3 is 0 Å². The van der Waals surface area contributed by atoms with Gasteiger partial charge in [-0.1, -0.05) is 17.7 Å². The fourth-order valence-electron chi connectivity index (χ4n) is 1.34. The normalized spacial score (nSPS) is 9.94. The predicted octanol–water partition coefficient (Wildman–Crippen LogP) is 2.28. The van der Waals surface area contributed by atoms with Crippen molar-refractivity contribution in [3.8, 4) is 0 Å². The minimum atomic E-state index is -0.371. The van der Waals surface area contributed by atoms with Crippen molar-refractivity contribution >= 4 is 23.2 Å². The summed E-state index contributed by atoms with van der Waals surface area (Å²) in [4.78, 5) is 25.6. The van der Waals surface area contributed by atoms with Gasteiger partial charge in [-0.2, -0.15) is 0 Å². The van der Waals surface area contributed by atoms with Crippen molar-refractivity contribution in [1.82, 2.24) is 4.98 Å². The third kappa shape index (κ3) is 2.73. The topological polar surface area (TPSA) is 62.0 Å². The van der Waals surface area contributed by atoms with Crippen LogP contribution in [0, 0.1) is 0 Å². The Kier molecular flexibility index (Phi) is 3.25. The number of hydrogen-bond donors (Lipinski definition) is 2. The minimum Gasteiger partial charge on any atom is -0.327 e. The van der Waals surface area contributed by atoms with E-state index in [0.29, 0.717) is 10.6 Å². The Bertz CT molecular complexity index is 607. The summed E-state index contributed by atoms with van der Waals surface area (Å²) in [6.07, 6.45) is 1.50. The second-order valence-electron chi connectivity index (χ2n) is 3.38. The van der Waals surface area contributed by atoms with Gasteiger partial charge in [-0.3, -0.25) is 9.59 Å². The molecule has 0 aliphatic rings. The average molecular weight is 249 g/mol. The molecular weight excluding hydrogens is 240 g/mol. The molecule has 1 heterocycles. The van der Waals surface area contributed by atoms with Crippen LogP contribution in [0.4, 0.5) is 5.69 Å². The summed E-state index contributed by atoms with van der Waals surface area (Å²) in [7, 11) is 0. The SMILES string of the molecule is O=C(Nc1ccc[nH]c1=O)c1cccc(Cl)c1. The highest BCUT2D eigenvalue weighted by Gasteiger charge is 2.07. The fourth-order valence-corrected chi connectivity index (χ4v) is 1.53. The first kappa shape index (κ1) is 11.4. The lowest BCUT2D eigenvalue weighted by atomic mass is 10.2. The van der Waals surface area contributed by atoms with Crippen LogP contribution < -0.4 is 10.9 Å². The molecule has 0 saturated heterocycles. The maximum Gasteiger partial charge on any atom is 0.271 e. The van der Waals surface area contributed by atoms with Gasteiger partial charge in [-0.25, -0.2) is 0 Å². The van der Waals surface area contributed by atoms with Crippen LogP contribution in [0.5, 0.6) is 0 Å². The van der Waals surface area contributed by atoms with E-state index in [9.17, 15) is 9.59 Å². The molecule has 0 radical (unpaired) electrons. The van der Waals surface area contributed by atoms with Crippen LogP contribution in [0.25, 0.3) is 0 Å². The second-order valence-corrected chi connectivity index (χ2v) is 3.81. The number of pyridine rings is 1. The number of carbonyl (C=O) groups excluding carboxylic acids is 1. The first-order valence-electron chi connectivity index (χ1n) is 4.91. The van der Waals surface area contributed by atoms with Gasteiger partial charge in [-0.05, 0) is 30.3 Å². The molecule has 2 N–H and O–H groups in total. The molecule has 2 rings (SSSR count). The number of anilines is 1. The minimum absolute atomic E-state index is 0.206. The molecular formula is C12H9ClN2O2. The van der Waals surface area contributed by atoms with E-state index in [0.717, 1.165) is 0 Å². The van der Waals surface area contributed by atoms with E-state index < -0.39 is 0 Å². The van der Waals surface area contributed by atoms with E-state index in [1.807, 2.05) is 0 Å². The van der Waals surface area contributed by atoms with Gasteiger partial charge in [0.2, 0.25) is 0 Å². The summed E-state index contributed by atoms with van der Waals surface area (Å²) < 4.78 is 0. The van der Waals surface area contributed by atoms with Crippen molar-refractivity contribution in [2.24, 2.45) is 0 Å². The number of aromatic amines is 1. The van der Waals surface area contributed by atoms with Crippen LogP contribution in [0.1, 0.15) is 10.4 Å². The van der Waals surface area contributed by atoms with Crippen LogP contribution in [0.3, 0.4) is 0 Å². The number of aromatic nitrogens is 1. The van der Waals surface area contributed by atoms with Crippen molar-refractivity contribution < 1.29 is 4.79 Å². The van der Waals surface area contributed by atoms with Gasteiger partial charge in [0, 0.05) is 16.8 Å². The van der Waals surface area contributed by atoms with Crippen molar-refractivity contribution in [2.75, 3.05) is 5.32 Å². The molecule has 0 aliphatic heterocycles. The standard InChI is InChI=1S/C12H9ClN2O2/c13-9-4-1-3-8(7-9)11(16)15-10-5-2-6-14-12(10)17/h1-7H,(H,14,17)(H,15,16). The highest BCUT2D eigenvalue weighted by Crippen LogP contribution is 2.11. The van der Waals surface area contributed by atoms with E-state index in [4.69, 9.17) is 11.6 Å². The summed E-state index contributed by atoms with van der Waals surface area (Å²) >= 11 is 5.78. The lowest BCUT2D eigenvalue weighted by Gasteiger charge is -2.04. The van der Waals surface area contributed by atoms with Crippen LogP contribution in [0.2, 0.25) is 5.02 Å². The summed E-state index contributed by atoms with van der Waals surface area (Å²) in [6.45, 7) is 0. The molecule has 0 saturated carbocycles. The van der Waals surface area contributed by atoms with Crippen LogP contribution >= 0.6 is 11.6 Å². The molecule has 5 heteroatoms. The van der Waals surface area contributed by atoms with Crippen molar-refractivity contribution in [2.45, 2.75) is 0 Å². The molecule has 0 unspecified atom stereocenters. The van der Waals surface area contributed by atoms with E-state index >= 15 is 0 Å². The van der Waals surface area contributed by atoms with E-state index in [1.54, 1.807) is 24.3 Å². The Morgan fingerprint density at radius 1 is 1.24 bits per heavy atom. The lowest BCUT2D eigenvalue weighted by Crippen LogP contribution is -2.19. The molecule has 4 nitrogen and oxygen atoms in total. The number of H-pyrrole nitrogens is 1. The molecule has 0 aliphatic carbocycles. The Hall–Kier alpha value is -2.07. The zero-order valence-electron chi connectivity index (χ0n) is 8.74. The summed E-state index contributed by atoms with van der Waals surface area (Å²) in [5.74, 6) is -0.371. The molecule has 2 aromatic rings. The first-order chi connectivity index (χ1) is 8.16. The summed E-state index contributed by atoms with van der Waals surface area (Å²) in [5, 5.41) is 2.98. The van der Waals surface area contributed by atoms with Gasteiger partial charge in [0.15, 0.2) is 0 Å². The van der Waals surface area contributed by atoms with Gasteiger partial charge in [0.25, 0.3) is 11.5 Å². The maximum absolute atomic E-state index is 11.8. The fraction of sp³-hybridized carbons (Fsp3) is 0. The summed E-state index contributed by atoms with van der Waals surface area (Å²) in [6, 6.07) is 9.67. The van der Waals surface area contributed by atoms with Gasteiger partial charge in [0.05, 0.1) is 0 Å². The van der Waals surface area contributed by atoms with Gasteiger partial charge in [0.1, 0.15) is 5.69 Å². The highest BCUT2D eigenvalue weighted by atomic mass is 35.5. The number of hydrogen-bond acceptors (Lipinski definition) is 2. The Morgan fingerprint density at radius 2 is 2.06 bits per heavy atom. The zero-order valence-corrected chi connectivity index (χ0v) is 9.49. The largest absolute Gasteiger partial charge is 0.327 e. The lowest BCUT2D eigenvalue weighted by molar-refractivity contribution is 0.102. The number of amides is 1. The average Bonchev–Trinajstić information content (AvgIpc) is 2.32. The quantitative estimate of drug-likeness (QED) is 0.857. The Morgan fingerprint density at radius 3 is 2.76 bits per heavy atom. The highest BCUT2D eigenvalue weighted by molar-refractivity contribution is 6.31. The summed E-state index contributed by atoms with van der Waals surface area (Å²) in [5.41, 5.74) is 0.265. The van der Waals surface area contributed by atoms with Crippen LogP contribution in [0.15, 0.2) is 47.4 Å². The van der Waals surface area contributed by atoms with Crippen molar-refractivity contribution in [1.29, 1.82) is 0 Å². The first-order valence-corrected chi connectivity index (χ1v) is 5.29. The number of rotatable bonds is 2. The number of carbonyl (C=O) groups is 1. The Labute approximate surface area is 102 Å². The molecule has 0 atom stereocenters. The van der Waals surface area contributed by atoms with Crippen LogP contribution in [-0.4, -0.2) is 10.9 Å². The molecule has 86 valence electrons. The Balaban J connectivity index is 2.23. The second kappa shape index (κ2) is 4.84. The number of halogens is 1. The van der Waals surface area contributed by atoms with E-state index in [-0.39, 0.29) is 17.2 Å². The third-order valence-electron chi connectivity index (χ3n) is 2.15. The van der Waals surface area contributed by atoms with Crippen molar-refractivity contribution in [3.63, 3.8) is 0 Å².